The number of carbonyl (C=O) groups excluding carboxylic acids is 2. The van der Waals surface area contributed by atoms with E-state index in [1.165, 1.54) is 23.1 Å². The lowest BCUT2D eigenvalue weighted by molar-refractivity contribution is -0.140. The van der Waals surface area contributed by atoms with Gasteiger partial charge in [-0.05, 0) is 48.2 Å². The molecule has 1 saturated carbocycles. The van der Waals surface area contributed by atoms with Crippen LogP contribution in [0.5, 0.6) is 0 Å². The maximum atomic E-state index is 14.7. The van der Waals surface area contributed by atoms with Gasteiger partial charge >= 0.3 is 0 Å². The SMILES string of the molecule is CS(=O)(=O)N(CC(=O)N(Cc1ccc(Br)cc1)C(Cc1ccccc1)C(=O)NC1CCCCC1)c1ccccc1F. The molecule has 0 bridgehead atoms. The van der Waals surface area contributed by atoms with Crippen LogP contribution >= 0.6 is 15.9 Å². The summed E-state index contributed by atoms with van der Waals surface area (Å²) in [7, 11) is -4.04. The number of sulfonamides is 1. The Balaban J connectivity index is 1.72. The number of benzene rings is 3. The lowest BCUT2D eigenvalue weighted by atomic mass is 9.94. The monoisotopic (exact) mass is 643 g/mol. The molecule has 218 valence electrons. The molecule has 1 aliphatic rings. The fraction of sp³-hybridized carbons (Fsp3) is 0.355. The molecule has 3 aromatic carbocycles. The van der Waals surface area contributed by atoms with E-state index in [0.29, 0.717) is 0 Å². The molecule has 0 aromatic heterocycles. The molecule has 2 amide bonds. The van der Waals surface area contributed by atoms with Crippen LogP contribution in [-0.2, 0) is 32.6 Å². The van der Waals surface area contributed by atoms with Crippen LogP contribution in [0.15, 0.2) is 83.3 Å². The third-order valence-electron chi connectivity index (χ3n) is 7.29. The first-order valence-corrected chi connectivity index (χ1v) is 16.4. The number of hydrogen-bond acceptors (Lipinski definition) is 4. The fourth-order valence-electron chi connectivity index (χ4n) is 5.13. The quantitative estimate of drug-likeness (QED) is 0.301. The Hall–Kier alpha value is -3.24. The summed E-state index contributed by atoms with van der Waals surface area (Å²) in [5.41, 5.74) is 1.40. The van der Waals surface area contributed by atoms with E-state index >= 15 is 0 Å². The van der Waals surface area contributed by atoms with E-state index in [2.05, 4.69) is 21.2 Å². The van der Waals surface area contributed by atoms with E-state index in [0.717, 1.165) is 64.3 Å². The maximum Gasteiger partial charge on any atom is 0.244 e. The van der Waals surface area contributed by atoms with Crippen LogP contribution < -0.4 is 9.62 Å². The highest BCUT2D eigenvalue weighted by molar-refractivity contribution is 9.10. The molecular weight excluding hydrogens is 609 g/mol. The Morgan fingerprint density at radius 2 is 1.56 bits per heavy atom. The van der Waals surface area contributed by atoms with Crippen molar-refractivity contribution in [2.75, 3.05) is 17.1 Å². The van der Waals surface area contributed by atoms with Gasteiger partial charge in [0.15, 0.2) is 0 Å². The molecule has 0 heterocycles. The van der Waals surface area contributed by atoms with E-state index in [4.69, 9.17) is 0 Å². The predicted molar refractivity (Wildman–Crippen MR) is 162 cm³/mol. The highest BCUT2D eigenvalue weighted by atomic mass is 79.9. The normalized spacial score (nSPS) is 14.7. The van der Waals surface area contributed by atoms with Crippen LogP contribution in [0.25, 0.3) is 0 Å². The molecule has 1 unspecified atom stereocenters. The van der Waals surface area contributed by atoms with Gasteiger partial charge in [-0.2, -0.15) is 0 Å². The van der Waals surface area contributed by atoms with Gasteiger partial charge in [-0.25, -0.2) is 12.8 Å². The molecule has 1 atom stereocenters. The number of para-hydroxylation sites is 1. The topological polar surface area (TPSA) is 86.8 Å². The number of anilines is 1. The van der Waals surface area contributed by atoms with Crippen LogP contribution in [-0.4, -0.2) is 50.0 Å². The molecule has 7 nitrogen and oxygen atoms in total. The molecule has 0 aliphatic heterocycles. The third-order valence-corrected chi connectivity index (χ3v) is 8.94. The van der Waals surface area contributed by atoms with E-state index in [1.807, 2.05) is 54.6 Å². The third kappa shape index (κ3) is 8.63. The molecular formula is C31H35BrFN3O4S. The van der Waals surface area contributed by atoms with Gasteiger partial charge in [-0.3, -0.25) is 13.9 Å². The van der Waals surface area contributed by atoms with E-state index in [1.54, 1.807) is 0 Å². The van der Waals surface area contributed by atoms with Gasteiger partial charge in [0, 0.05) is 23.5 Å². The van der Waals surface area contributed by atoms with Gasteiger partial charge in [0.1, 0.15) is 18.4 Å². The average Bonchev–Trinajstić information content (AvgIpc) is 2.95. The summed E-state index contributed by atoms with van der Waals surface area (Å²) in [6, 6.07) is 21.3. The summed E-state index contributed by atoms with van der Waals surface area (Å²) >= 11 is 3.43. The molecule has 0 saturated heterocycles. The largest absolute Gasteiger partial charge is 0.352 e. The second-order valence-electron chi connectivity index (χ2n) is 10.4. The Bertz CT molecular complexity index is 1430. The average molecular weight is 645 g/mol. The van der Waals surface area contributed by atoms with Gasteiger partial charge in [0.05, 0.1) is 11.9 Å². The zero-order valence-electron chi connectivity index (χ0n) is 23.0. The first kappa shape index (κ1) is 30.7. The van der Waals surface area contributed by atoms with Crippen molar-refractivity contribution in [1.82, 2.24) is 10.2 Å². The number of amides is 2. The highest BCUT2D eigenvalue weighted by Gasteiger charge is 2.34. The van der Waals surface area contributed by atoms with Crippen LogP contribution in [0.1, 0.15) is 43.2 Å². The lowest BCUT2D eigenvalue weighted by Crippen LogP contribution is -2.55. The standard InChI is InChI=1S/C31H35BrFN3O4S/c1-41(39,40)36(28-15-9-8-14-27(28)33)22-30(37)35(21-24-16-18-25(32)19-17-24)29(20-23-10-4-2-5-11-23)31(38)34-26-12-6-3-7-13-26/h2,4-5,8-11,14-19,26,29H,3,6-7,12-13,20-22H2,1H3,(H,34,38). The Labute approximate surface area is 249 Å². The molecule has 4 rings (SSSR count). The number of rotatable bonds is 11. The minimum Gasteiger partial charge on any atom is -0.352 e. The molecule has 0 radical (unpaired) electrons. The summed E-state index contributed by atoms with van der Waals surface area (Å²) in [6.45, 7) is -0.588. The summed E-state index contributed by atoms with van der Waals surface area (Å²) in [5.74, 6) is -1.66. The Morgan fingerprint density at radius 3 is 2.20 bits per heavy atom. The number of nitrogens with zero attached hydrogens (tertiary/aromatic N) is 2. The van der Waals surface area contributed by atoms with Crippen LogP contribution in [0.4, 0.5) is 10.1 Å². The van der Waals surface area contributed by atoms with Gasteiger partial charge in [0.25, 0.3) is 0 Å². The Morgan fingerprint density at radius 1 is 0.927 bits per heavy atom. The van der Waals surface area contributed by atoms with Crippen molar-refractivity contribution in [3.63, 3.8) is 0 Å². The zero-order chi connectivity index (χ0) is 29.4. The van der Waals surface area contributed by atoms with Crippen molar-refractivity contribution in [2.24, 2.45) is 0 Å². The first-order valence-electron chi connectivity index (χ1n) is 13.7. The van der Waals surface area contributed by atoms with Crippen molar-refractivity contribution in [3.8, 4) is 0 Å². The zero-order valence-corrected chi connectivity index (χ0v) is 25.4. The van der Waals surface area contributed by atoms with Crippen LogP contribution in [0.2, 0.25) is 0 Å². The Kier molecular flexibility index (Phi) is 10.6. The summed E-state index contributed by atoms with van der Waals surface area (Å²) in [6.07, 6.45) is 6.11. The summed E-state index contributed by atoms with van der Waals surface area (Å²) < 4.78 is 42.0. The van der Waals surface area contributed by atoms with Crippen molar-refractivity contribution in [3.05, 3.63) is 100 Å². The van der Waals surface area contributed by atoms with Crippen LogP contribution in [0.3, 0.4) is 0 Å². The summed E-state index contributed by atoms with van der Waals surface area (Å²) in [4.78, 5) is 29.4. The molecule has 3 aromatic rings. The molecule has 1 fully saturated rings. The van der Waals surface area contributed by atoms with E-state index < -0.39 is 34.3 Å². The van der Waals surface area contributed by atoms with Crippen molar-refractivity contribution < 1.29 is 22.4 Å². The van der Waals surface area contributed by atoms with Crippen molar-refractivity contribution >= 4 is 43.5 Å². The van der Waals surface area contributed by atoms with Gasteiger partial charge in [0.2, 0.25) is 21.8 Å². The number of hydrogen-bond donors (Lipinski definition) is 1. The minimum atomic E-state index is -4.04. The summed E-state index contributed by atoms with van der Waals surface area (Å²) in [5, 5.41) is 3.16. The molecule has 41 heavy (non-hydrogen) atoms. The number of carbonyl (C=O) groups is 2. The molecule has 0 spiro atoms. The van der Waals surface area contributed by atoms with Gasteiger partial charge in [-0.15, -0.1) is 0 Å². The minimum absolute atomic E-state index is 0.0186. The van der Waals surface area contributed by atoms with Gasteiger partial charge < -0.3 is 10.2 Å². The van der Waals surface area contributed by atoms with E-state index in [9.17, 15) is 22.4 Å². The smallest absolute Gasteiger partial charge is 0.244 e. The van der Waals surface area contributed by atoms with Crippen molar-refractivity contribution in [1.29, 1.82) is 0 Å². The highest BCUT2D eigenvalue weighted by Crippen LogP contribution is 2.24. The number of nitrogens with one attached hydrogen (secondary N) is 1. The fourth-order valence-corrected chi connectivity index (χ4v) is 6.25. The second kappa shape index (κ2) is 14.1. The first-order chi connectivity index (χ1) is 19.6. The number of halogens is 2. The second-order valence-corrected chi connectivity index (χ2v) is 13.2. The maximum absolute atomic E-state index is 14.7. The van der Waals surface area contributed by atoms with Crippen LogP contribution in [0, 0.1) is 5.82 Å². The lowest BCUT2D eigenvalue weighted by Gasteiger charge is -2.35. The molecule has 1 N–H and O–H groups in total. The molecule has 10 heteroatoms. The molecule has 1 aliphatic carbocycles. The predicted octanol–water partition coefficient (Wildman–Crippen LogP) is 5.44. The van der Waals surface area contributed by atoms with Crippen molar-refractivity contribution in [2.45, 2.75) is 57.2 Å². The van der Waals surface area contributed by atoms with Gasteiger partial charge in [-0.1, -0.05) is 89.8 Å². The van der Waals surface area contributed by atoms with E-state index in [-0.39, 0.29) is 30.6 Å².